The van der Waals surface area contributed by atoms with Crippen LogP contribution < -0.4 is 11.1 Å². The van der Waals surface area contributed by atoms with Crippen molar-refractivity contribution in [3.8, 4) is 6.07 Å². The average Bonchev–Trinajstić information content (AvgIpc) is 2.16. The van der Waals surface area contributed by atoms with E-state index in [2.05, 4.69) is 10.3 Å². The van der Waals surface area contributed by atoms with Gasteiger partial charge < -0.3 is 16.2 Å². The minimum atomic E-state index is 0.0340. The predicted octanol–water partition coefficient (Wildman–Crippen LogP) is -0.0603. The summed E-state index contributed by atoms with van der Waals surface area (Å²) in [6, 6.07) is 3.52. The van der Waals surface area contributed by atoms with Crippen LogP contribution in [-0.4, -0.2) is 23.2 Å². The van der Waals surface area contributed by atoms with E-state index in [4.69, 9.17) is 16.1 Å². The van der Waals surface area contributed by atoms with Gasteiger partial charge in [0.2, 0.25) is 0 Å². The average molecular weight is 178 g/mol. The van der Waals surface area contributed by atoms with Crippen LogP contribution in [0.15, 0.2) is 12.3 Å². The van der Waals surface area contributed by atoms with Gasteiger partial charge in [-0.1, -0.05) is 0 Å². The molecule has 0 atom stereocenters. The molecule has 0 aromatic carbocycles. The van der Waals surface area contributed by atoms with Crippen LogP contribution in [-0.2, 0) is 0 Å². The van der Waals surface area contributed by atoms with E-state index in [0.29, 0.717) is 17.8 Å². The third kappa shape index (κ3) is 2.32. The van der Waals surface area contributed by atoms with Crippen LogP contribution in [0.1, 0.15) is 5.56 Å². The fourth-order valence-electron chi connectivity index (χ4n) is 0.862. The third-order valence-electron chi connectivity index (χ3n) is 1.48. The van der Waals surface area contributed by atoms with Crippen molar-refractivity contribution >= 4 is 11.5 Å². The lowest BCUT2D eigenvalue weighted by molar-refractivity contribution is 0.311. The number of hydrogen-bond acceptors (Lipinski definition) is 5. The smallest absolute Gasteiger partial charge is 0.141 e. The first kappa shape index (κ1) is 9.29. The first-order valence-electron chi connectivity index (χ1n) is 3.78. The van der Waals surface area contributed by atoms with E-state index in [-0.39, 0.29) is 12.4 Å². The Morgan fingerprint density at radius 1 is 1.69 bits per heavy atom. The first-order chi connectivity index (χ1) is 6.27. The summed E-state index contributed by atoms with van der Waals surface area (Å²) in [6.07, 6.45) is 1.52. The molecule has 0 saturated carbocycles. The Kier molecular flexibility index (Phi) is 3.06. The van der Waals surface area contributed by atoms with Gasteiger partial charge in [0.25, 0.3) is 0 Å². The SMILES string of the molecule is N#Cc1cc(NCCO)cnc1N. The van der Waals surface area contributed by atoms with Gasteiger partial charge in [-0.3, -0.25) is 0 Å². The zero-order valence-corrected chi connectivity index (χ0v) is 6.99. The number of rotatable bonds is 3. The van der Waals surface area contributed by atoms with E-state index < -0.39 is 0 Å². The normalized spacial score (nSPS) is 9.23. The lowest BCUT2D eigenvalue weighted by Crippen LogP contribution is -2.06. The van der Waals surface area contributed by atoms with E-state index in [1.165, 1.54) is 6.20 Å². The number of aliphatic hydroxyl groups excluding tert-OH is 1. The Morgan fingerprint density at radius 3 is 3.08 bits per heavy atom. The van der Waals surface area contributed by atoms with Crippen molar-refractivity contribution in [2.45, 2.75) is 0 Å². The Balaban J connectivity index is 2.82. The molecule has 0 fully saturated rings. The fourth-order valence-corrected chi connectivity index (χ4v) is 0.862. The van der Waals surface area contributed by atoms with Gasteiger partial charge >= 0.3 is 0 Å². The molecule has 5 heteroatoms. The number of nitrogens with two attached hydrogens (primary N) is 1. The van der Waals surface area contributed by atoms with Gasteiger partial charge in [-0.25, -0.2) is 4.98 Å². The van der Waals surface area contributed by atoms with Crippen LogP contribution in [0.25, 0.3) is 0 Å². The molecule has 68 valence electrons. The van der Waals surface area contributed by atoms with Crippen LogP contribution in [0.5, 0.6) is 0 Å². The summed E-state index contributed by atoms with van der Waals surface area (Å²) in [5.41, 5.74) is 6.43. The van der Waals surface area contributed by atoms with Crippen LogP contribution in [0.2, 0.25) is 0 Å². The molecular weight excluding hydrogens is 168 g/mol. The van der Waals surface area contributed by atoms with Gasteiger partial charge in [0.1, 0.15) is 11.9 Å². The molecule has 0 amide bonds. The van der Waals surface area contributed by atoms with Crippen molar-refractivity contribution in [1.29, 1.82) is 5.26 Å². The molecule has 0 aliphatic carbocycles. The molecule has 5 nitrogen and oxygen atoms in total. The van der Waals surface area contributed by atoms with Crippen LogP contribution in [0, 0.1) is 11.3 Å². The quantitative estimate of drug-likeness (QED) is 0.602. The Hall–Kier alpha value is -1.80. The Morgan fingerprint density at radius 2 is 2.46 bits per heavy atom. The lowest BCUT2D eigenvalue weighted by atomic mass is 10.2. The zero-order chi connectivity index (χ0) is 9.68. The zero-order valence-electron chi connectivity index (χ0n) is 6.99. The van der Waals surface area contributed by atoms with E-state index in [1.807, 2.05) is 6.07 Å². The predicted molar refractivity (Wildman–Crippen MR) is 48.9 cm³/mol. The molecule has 13 heavy (non-hydrogen) atoms. The molecule has 1 aromatic rings. The first-order valence-corrected chi connectivity index (χ1v) is 3.78. The van der Waals surface area contributed by atoms with Crippen molar-refractivity contribution < 1.29 is 5.11 Å². The molecule has 4 N–H and O–H groups in total. The maximum Gasteiger partial charge on any atom is 0.141 e. The third-order valence-corrected chi connectivity index (χ3v) is 1.48. The minimum Gasteiger partial charge on any atom is -0.395 e. The molecule has 0 aliphatic heterocycles. The second-order valence-corrected chi connectivity index (χ2v) is 2.42. The number of anilines is 2. The topological polar surface area (TPSA) is 95.0 Å². The van der Waals surface area contributed by atoms with Crippen molar-refractivity contribution in [1.82, 2.24) is 4.98 Å². The van der Waals surface area contributed by atoms with Crippen LogP contribution in [0.4, 0.5) is 11.5 Å². The van der Waals surface area contributed by atoms with Gasteiger partial charge in [-0.15, -0.1) is 0 Å². The summed E-state index contributed by atoms with van der Waals surface area (Å²) in [7, 11) is 0. The Bertz CT molecular complexity index is 331. The summed E-state index contributed by atoms with van der Waals surface area (Å²) in [5, 5.41) is 20.0. The molecule has 1 aromatic heterocycles. The largest absolute Gasteiger partial charge is 0.395 e. The molecule has 0 unspecified atom stereocenters. The van der Waals surface area contributed by atoms with Gasteiger partial charge in [0, 0.05) is 6.54 Å². The molecule has 0 aliphatic rings. The molecular formula is C8H10N4O. The fraction of sp³-hybridized carbons (Fsp3) is 0.250. The highest BCUT2D eigenvalue weighted by Gasteiger charge is 2.00. The maximum atomic E-state index is 8.62. The second-order valence-electron chi connectivity index (χ2n) is 2.42. The number of nitrogen functional groups attached to an aromatic ring is 1. The van der Waals surface area contributed by atoms with Gasteiger partial charge in [0.05, 0.1) is 24.1 Å². The van der Waals surface area contributed by atoms with Crippen LogP contribution >= 0.6 is 0 Å². The number of aliphatic hydroxyl groups is 1. The number of hydrogen-bond donors (Lipinski definition) is 3. The number of pyridine rings is 1. The van der Waals surface area contributed by atoms with Crippen molar-refractivity contribution in [2.24, 2.45) is 0 Å². The molecule has 1 rings (SSSR count). The molecule has 1 heterocycles. The van der Waals surface area contributed by atoms with E-state index in [1.54, 1.807) is 6.07 Å². The number of nitriles is 1. The standard InChI is InChI=1S/C8H10N4O/c9-4-6-3-7(11-1-2-13)5-12-8(6)10/h3,5,11,13H,1-2H2,(H2,10,12). The maximum absolute atomic E-state index is 8.62. The van der Waals surface area contributed by atoms with Crippen molar-refractivity contribution in [2.75, 3.05) is 24.2 Å². The van der Waals surface area contributed by atoms with E-state index in [0.717, 1.165) is 0 Å². The molecule has 0 radical (unpaired) electrons. The minimum absolute atomic E-state index is 0.0340. The van der Waals surface area contributed by atoms with Gasteiger partial charge in [-0.05, 0) is 6.07 Å². The van der Waals surface area contributed by atoms with Gasteiger partial charge in [-0.2, -0.15) is 5.26 Å². The number of nitrogens with zero attached hydrogens (tertiary/aromatic N) is 2. The highest BCUT2D eigenvalue weighted by molar-refractivity contribution is 5.56. The Labute approximate surface area is 75.8 Å². The van der Waals surface area contributed by atoms with E-state index >= 15 is 0 Å². The van der Waals surface area contributed by atoms with Crippen LogP contribution in [0.3, 0.4) is 0 Å². The second kappa shape index (κ2) is 4.28. The van der Waals surface area contributed by atoms with Crippen molar-refractivity contribution in [3.63, 3.8) is 0 Å². The lowest BCUT2D eigenvalue weighted by Gasteiger charge is -2.04. The summed E-state index contributed by atoms with van der Waals surface area (Å²) < 4.78 is 0. The summed E-state index contributed by atoms with van der Waals surface area (Å²) in [6.45, 7) is 0.461. The van der Waals surface area contributed by atoms with Gasteiger partial charge in [0.15, 0.2) is 0 Å². The number of aromatic nitrogens is 1. The monoisotopic (exact) mass is 178 g/mol. The molecule has 0 saturated heterocycles. The molecule has 0 bridgehead atoms. The highest BCUT2D eigenvalue weighted by atomic mass is 16.3. The highest BCUT2D eigenvalue weighted by Crippen LogP contribution is 2.12. The number of nitrogens with one attached hydrogen (secondary N) is 1. The van der Waals surface area contributed by atoms with Crippen molar-refractivity contribution in [3.05, 3.63) is 17.8 Å². The summed E-state index contributed by atoms with van der Waals surface area (Å²) in [5.74, 6) is 0.219. The molecule has 0 spiro atoms. The summed E-state index contributed by atoms with van der Waals surface area (Å²) >= 11 is 0. The van der Waals surface area contributed by atoms with E-state index in [9.17, 15) is 0 Å². The summed E-state index contributed by atoms with van der Waals surface area (Å²) in [4.78, 5) is 3.81.